The van der Waals surface area contributed by atoms with Crippen molar-refractivity contribution in [3.63, 3.8) is 0 Å². The summed E-state index contributed by atoms with van der Waals surface area (Å²) in [5.74, 6) is 0.902. The first kappa shape index (κ1) is 9.87. The maximum atomic E-state index is 5.82. The van der Waals surface area contributed by atoms with E-state index < -0.39 is 0 Å². The lowest BCUT2D eigenvalue weighted by molar-refractivity contribution is 0.337. The molecule has 0 bridgehead atoms. The average molecular weight is 250 g/mol. The second kappa shape index (κ2) is 4.73. The van der Waals surface area contributed by atoms with E-state index in [0.29, 0.717) is 6.61 Å². The summed E-state index contributed by atoms with van der Waals surface area (Å²) in [7, 11) is 0. The number of alkyl halides is 1. The summed E-state index contributed by atoms with van der Waals surface area (Å²) in [5.41, 5.74) is 1.09. The lowest BCUT2D eigenvalue weighted by Gasteiger charge is -2.07. The van der Waals surface area contributed by atoms with E-state index in [0.717, 1.165) is 21.7 Å². The minimum Gasteiger partial charge on any atom is -0.494 e. The van der Waals surface area contributed by atoms with Crippen molar-refractivity contribution >= 4 is 27.5 Å². The summed E-state index contributed by atoms with van der Waals surface area (Å²) >= 11 is 9.19. The highest BCUT2D eigenvalue weighted by Crippen LogP contribution is 2.24. The van der Waals surface area contributed by atoms with Crippen LogP contribution < -0.4 is 4.74 Å². The molecule has 0 aromatic heterocycles. The van der Waals surface area contributed by atoms with Crippen LogP contribution in [-0.4, -0.2) is 6.61 Å². The van der Waals surface area contributed by atoms with Crippen molar-refractivity contribution in [3.8, 4) is 5.75 Å². The van der Waals surface area contributed by atoms with Gasteiger partial charge in [0.05, 0.1) is 6.61 Å². The van der Waals surface area contributed by atoms with E-state index in [9.17, 15) is 0 Å². The maximum absolute atomic E-state index is 5.82. The zero-order chi connectivity index (χ0) is 8.97. The van der Waals surface area contributed by atoms with E-state index >= 15 is 0 Å². The Hall–Kier alpha value is -0.210. The SMILES string of the molecule is CCOc1ccc(Cl)cc1CBr. The van der Waals surface area contributed by atoms with Gasteiger partial charge in [-0.05, 0) is 25.1 Å². The Morgan fingerprint density at radius 2 is 2.25 bits per heavy atom. The minimum atomic E-state index is 0.682. The molecule has 0 aliphatic heterocycles. The quantitative estimate of drug-likeness (QED) is 0.743. The van der Waals surface area contributed by atoms with Crippen LogP contribution in [0.5, 0.6) is 5.75 Å². The third-order valence-corrected chi connectivity index (χ3v) is 2.31. The molecule has 0 heterocycles. The Morgan fingerprint density at radius 3 is 2.83 bits per heavy atom. The first-order valence-electron chi connectivity index (χ1n) is 3.75. The molecule has 1 aromatic carbocycles. The first-order chi connectivity index (χ1) is 5.77. The Labute approximate surface area is 85.8 Å². The predicted molar refractivity (Wildman–Crippen MR) is 55.3 cm³/mol. The summed E-state index contributed by atoms with van der Waals surface area (Å²) in [5, 5.41) is 1.51. The van der Waals surface area contributed by atoms with Crippen molar-refractivity contribution in [2.24, 2.45) is 0 Å². The zero-order valence-corrected chi connectivity index (χ0v) is 9.15. The summed E-state index contributed by atoms with van der Waals surface area (Å²) in [6.07, 6.45) is 0. The molecule has 0 N–H and O–H groups in total. The number of ether oxygens (including phenoxy) is 1. The Kier molecular flexibility index (Phi) is 3.89. The van der Waals surface area contributed by atoms with Gasteiger partial charge in [0, 0.05) is 15.9 Å². The normalized spacial score (nSPS) is 9.92. The van der Waals surface area contributed by atoms with E-state index in [1.54, 1.807) is 0 Å². The molecule has 0 aliphatic rings. The number of halogens is 2. The van der Waals surface area contributed by atoms with Crippen LogP contribution in [0.1, 0.15) is 12.5 Å². The minimum absolute atomic E-state index is 0.682. The van der Waals surface area contributed by atoms with Gasteiger partial charge in [-0.25, -0.2) is 0 Å². The molecule has 1 rings (SSSR count). The Balaban J connectivity index is 2.94. The molecule has 12 heavy (non-hydrogen) atoms. The van der Waals surface area contributed by atoms with Crippen molar-refractivity contribution in [2.75, 3.05) is 6.61 Å². The fraction of sp³-hybridized carbons (Fsp3) is 0.333. The summed E-state index contributed by atoms with van der Waals surface area (Å²) < 4.78 is 5.39. The largest absolute Gasteiger partial charge is 0.494 e. The molecule has 0 aliphatic carbocycles. The standard InChI is InChI=1S/C9H10BrClO/c1-2-12-9-4-3-8(11)5-7(9)6-10/h3-5H,2,6H2,1H3. The third kappa shape index (κ3) is 2.39. The van der Waals surface area contributed by atoms with Gasteiger partial charge in [-0.15, -0.1) is 0 Å². The Bertz CT molecular complexity index is 263. The van der Waals surface area contributed by atoms with Gasteiger partial charge >= 0.3 is 0 Å². The number of hydrogen-bond acceptors (Lipinski definition) is 1. The second-order valence-electron chi connectivity index (χ2n) is 2.32. The van der Waals surface area contributed by atoms with Crippen LogP contribution in [-0.2, 0) is 5.33 Å². The second-order valence-corrected chi connectivity index (χ2v) is 3.32. The van der Waals surface area contributed by atoms with E-state index in [-0.39, 0.29) is 0 Å². The van der Waals surface area contributed by atoms with Crippen LogP contribution in [0.4, 0.5) is 0 Å². The molecule has 0 saturated carbocycles. The maximum Gasteiger partial charge on any atom is 0.123 e. The van der Waals surface area contributed by atoms with Crippen LogP contribution in [0.25, 0.3) is 0 Å². The van der Waals surface area contributed by atoms with Gasteiger partial charge in [-0.1, -0.05) is 27.5 Å². The highest BCUT2D eigenvalue weighted by atomic mass is 79.9. The fourth-order valence-electron chi connectivity index (χ4n) is 0.949. The summed E-state index contributed by atoms with van der Waals surface area (Å²) in [6, 6.07) is 5.63. The molecule has 1 aromatic rings. The van der Waals surface area contributed by atoms with Crippen molar-refractivity contribution in [1.82, 2.24) is 0 Å². The van der Waals surface area contributed by atoms with Crippen LogP contribution >= 0.6 is 27.5 Å². The van der Waals surface area contributed by atoms with Gasteiger partial charge in [-0.2, -0.15) is 0 Å². The van der Waals surface area contributed by atoms with Crippen LogP contribution in [0, 0.1) is 0 Å². The molecule has 0 spiro atoms. The molecule has 0 fully saturated rings. The summed E-state index contributed by atoms with van der Waals surface area (Å²) in [4.78, 5) is 0. The van der Waals surface area contributed by atoms with E-state index in [1.165, 1.54) is 0 Å². The molecule has 0 atom stereocenters. The smallest absolute Gasteiger partial charge is 0.123 e. The molecule has 0 amide bonds. The van der Waals surface area contributed by atoms with Crippen molar-refractivity contribution in [1.29, 1.82) is 0 Å². The van der Waals surface area contributed by atoms with Gasteiger partial charge < -0.3 is 4.74 Å². The Morgan fingerprint density at radius 1 is 1.50 bits per heavy atom. The number of hydrogen-bond donors (Lipinski definition) is 0. The fourth-order valence-corrected chi connectivity index (χ4v) is 1.58. The van der Waals surface area contributed by atoms with E-state index in [1.807, 2.05) is 25.1 Å². The highest BCUT2D eigenvalue weighted by Gasteiger charge is 2.01. The van der Waals surface area contributed by atoms with Crippen LogP contribution in [0.15, 0.2) is 18.2 Å². The average Bonchev–Trinajstić information content (AvgIpc) is 2.08. The lowest BCUT2D eigenvalue weighted by Crippen LogP contribution is -1.94. The molecular weight excluding hydrogens is 239 g/mol. The van der Waals surface area contributed by atoms with E-state index in [2.05, 4.69) is 15.9 Å². The van der Waals surface area contributed by atoms with Crippen molar-refractivity contribution in [3.05, 3.63) is 28.8 Å². The van der Waals surface area contributed by atoms with Gasteiger partial charge in [0.1, 0.15) is 5.75 Å². The molecule has 1 nitrogen and oxygen atoms in total. The zero-order valence-electron chi connectivity index (χ0n) is 6.81. The molecule has 3 heteroatoms. The van der Waals surface area contributed by atoms with E-state index in [4.69, 9.17) is 16.3 Å². The van der Waals surface area contributed by atoms with Crippen molar-refractivity contribution in [2.45, 2.75) is 12.3 Å². The highest BCUT2D eigenvalue weighted by molar-refractivity contribution is 9.08. The predicted octanol–water partition coefficient (Wildman–Crippen LogP) is 3.63. The van der Waals surface area contributed by atoms with Crippen molar-refractivity contribution < 1.29 is 4.74 Å². The molecular formula is C9H10BrClO. The van der Waals surface area contributed by atoms with Gasteiger partial charge in [0.2, 0.25) is 0 Å². The topological polar surface area (TPSA) is 9.23 Å². The molecule has 0 saturated heterocycles. The molecule has 66 valence electrons. The van der Waals surface area contributed by atoms with Gasteiger partial charge in [0.25, 0.3) is 0 Å². The third-order valence-electron chi connectivity index (χ3n) is 1.47. The molecule has 0 unspecified atom stereocenters. The van der Waals surface area contributed by atoms with Gasteiger partial charge in [0.15, 0.2) is 0 Å². The van der Waals surface area contributed by atoms with Crippen LogP contribution in [0.3, 0.4) is 0 Å². The monoisotopic (exact) mass is 248 g/mol. The molecule has 0 radical (unpaired) electrons. The summed E-state index contributed by atoms with van der Waals surface area (Å²) in [6.45, 7) is 2.65. The lowest BCUT2D eigenvalue weighted by atomic mass is 10.2. The number of benzene rings is 1. The van der Waals surface area contributed by atoms with Gasteiger partial charge in [-0.3, -0.25) is 0 Å². The van der Waals surface area contributed by atoms with Crippen LogP contribution in [0.2, 0.25) is 5.02 Å². The first-order valence-corrected chi connectivity index (χ1v) is 5.25. The number of rotatable bonds is 3.